The van der Waals surface area contributed by atoms with Gasteiger partial charge in [0.05, 0.1) is 0 Å². The highest BCUT2D eigenvalue weighted by atomic mass is 19.3. The van der Waals surface area contributed by atoms with Gasteiger partial charge in [-0.25, -0.2) is 30.7 Å². The standard InChI is InChI=1S/C9H9F7O4/c10-2(1(8(17)18)9(19)20)3(11)4(12)5(13)6(14)7(15)16/h1-7H,(H,17,18)(H,19,20). The first-order valence-electron chi connectivity index (χ1n) is 4.96. The maximum atomic E-state index is 13.2. The van der Waals surface area contributed by atoms with Gasteiger partial charge in [-0.15, -0.1) is 0 Å². The van der Waals surface area contributed by atoms with Crippen LogP contribution in [0.15, 0.2) is 0 Å². The van der Waals surface area contributed by atoms with Crippen LogP contribution in [0.3, 0.4) is 0 Å². The van der Waals surface area contributed by atoms with E-state index in [4.69, 9.17) is 10.2 Å². The van der Waals surface area contributed by atoms with Gasteiger partial charge in [0.2, 0.25) is 0 Å². The van der Waals surface area contributed by atoms with Crippen LogP contribution >= 0.6 is 0 Å². The Morgan fingerprint density at radius 1 is 0.600 bits per heavy atom. The Bertz CT molecular complexity index is 339. The third-order valence-corrected chi connectivity index (χ3v) is 2.31. The molecule has 11 heteroatoms. The zero-order chi connectivity index (χ0) is 16.2. The zero-order valence-electron chi connectivity index (χ0n) is 9.40. The molecule has 0 saturated carbocycles. The number of alkyl halides is 7. The van der Waals surface area contributed by atoms with Crippen molar-refractivity contribution in [3.63, 3.8) is 0 Å². The summed E-state index contributed by atoms with van der Waals surface area (Å²) in [4.78, 5) is 20.6. The Morgan fingerprint density at radius 3 is 1.20 bits per heavy atom. The monoisotopic (exact) mass is 314 g/mol. The van der Waals surface area contributed by atoms with Crippen LogP contribution in [0.2, 0.25) is 0 Å². The highest BCUT2D eigenvalue weighted by Crippen LogP contribution is 2.27. The number of carboxylic acids is 2. The summed E-state index contributed by atoms with van der Waals surface area (Å²) in [6.07, 6.45) is -22.6. The lowest BCUT2D eigenvalue weighted by Crippen LogP contribution is -2.47. The number of hydrogen-bond donors (Lipinski definition) is 2. The van der Waals surface area contributed by atoms with E-state index in [1.807, 2.05) is 0 Å². The SMILES string of the molecule is O=C(O)C(C(=O)O)C(F)C(F)C(F)C(F)C(F)C(F)F. The molecule has 5 atom stereocenters. The quantitative estimate of drug-likeness (QED) is 0.528. The molecule has 0 aromatic carbocycles. The molecule has 0 saturated heterocycles. The number of carbonyl (C=O) groups is 2. The topological polar surface area (TPSA) is 74.6 Å². The Balaban J connectivity index is 4.99. The second kappa shape index (κ2) is 7.29. The van der Waals surface area contributed by atoms with E-state index >= 15 is 0 Å². The molecule has 0 fully saturated rings. The lowest BCUT2D eigenvalue weighted by molar-refractivity contribution is -0.160. The smallest absolute Gasteiger partial charge is 0.321 e. The Hall–Kier alpha value is -1.55. The molecule has 0 aromatic heterocycles. The molecule has 0 bridgehead atoms. The van der Waals surface area contributed by atoms with Gasteiger partial charge in [-0.05, 0) is 0 Å². The first-order chi connectivity index (χ1) is 9.02. The van der Waals surface area contributed by atoms with Gasteiger partial charge in [0.25, 0.3) is 6.43 Å². The van der Waals surface area contributed by atoms with E-state index in [9.17, 15) is 40.3 Å². The van der Waals surface area contributed by atoms with Gasteiger partial charge in [-0.3, -0.25) is 9.59 Å². The maximum Gasteiger partial charge on any atom is 0.321 e. The fraction of sp³-hybridized carbons (Fsp3) is 0.778. The first-order valence-corrected chi connectivity index (χ1v) is 4.96. The van der Waals surface area contributed by atoms with Crippen molar-refractivity contribution < 1.29 is 50.5 Å². The molecule has 0 amide bonds. The summed E-state index contributed by atoms with van der Waals surface area (Å²) in [6, 6.07) is 0. The molecule has 2 N–H and O–H groups in total. The summed E-state index contributed by atoms with van der Waals surface area (Å²) in [5.41, 5.74) is 0. The minimum Gasteiger partial charge on any atom is -0.481 e. The van der Waals surface area contributed by atoms with E-state index in [1.54, 1.807) is 0 Å². The van der Waals surface area contributed by atoms with Crippen LogP contribution in [-0.4, -0.2) is 59.4 Å². The third-order valence-electron chi connectivity index (χ3n) is 2.31. The molecule has 118 valence electrons. The molecule has 0 aliphatic rings. The van der Waals surface area contributed by atoms with Crippen molar-refractivity contribution in [2.24, 2.45) is 5.92 Å². The highest BCUT2D eigenvalue weighted by Gasteiger charge is 2.49. The van der Waals surface area contributed by atoms with Crippen molar-refractivity contribution in [1.29, 1.82) is 0 Å². The van der Waals surface area contributed by atoms with Gasteiger partial charge in [0.1, 0.15) is 0 Å². The molecule has 0 spiro atoms. The van der Waals surface area contributed by atoms with Crippen LogP contribution in [0.4, 0.5) is 30.7 Å². The molecule has 0 radical (unpaired) electrons. The summed E-state index contributed by atoms with van der Waals surface area (Å²) in [7, 11) is 0. The Labute approximate surface area is 107 Å². The fourth-order valence-electron chi connectivity index (χ4n) is 1.23. The minimum atomic E-state index is -4.01. The molecule has 0 aliphatic carbocycles. The van der Waals surface area contributed by atoms with E-state index in [2.05, 4.69) is 0 Å². The Kier molecular flexibility index (Phi) is 6.73. The van der Waals surface area contributed by atoms with Gasteiger partial charge in [-0.2, -0.15) is 0 Å². The zero-order valence-corrected chi connectivity index (χ0v) is 9.40. The lowest BCUT2D eigenvalue weighted by atomic mass is 9.95. The highest BCUT2D eigenvalue weighted by molar-refractivity contribution is 5.93. The van der Waals surface area contributed by atoms with E-state index in [0.29, 0.717) is 0 Å². The van der Waals surface area contributed by atoms with E-state index in [-0.39, 0.29) is 0 Å². The van der Waals surface area contributed by atoms with Crippen LogP contribution in [-0.2, 0) is 9.59 Å². The average Bonchev–Trinajstić information content (AvgIpc) is 2.33. The summed E-state index contributed by atoms with van der Waals surface area (Å²) in [5.74, 6) is -7.86. The number of aliphatic carboxylic acids is 2. The average molecular weight is 314 g/mol. The van der Waals surface area contributed by atoms with Crippen LogP contribution in [0.25, 0.3) is 0 Å². The van der Waals surface area contributed by atoms with Crippen molar-refractivity contribution in [1.82, 2.24) is 0 Å². The van der Waals surface area contributed by atoms with Gasteiger partial charge >= 0.3 is 11.9 Å². The molecular formula is C9H9F7O4. The molecule has 4 nitrogen and oxygen atoms in total. The number of rotatable bonds is 8. The fourth-order valence-corrected chi connectivity index (χ4v) is 1.23. The van der Waals surface area contributed by atoms with E-state index in [1.165, 1.54) is 0 Å². The molecule has 5 unspecified atom stereocenters. The summed E-state index contributed by atoms with van der Waals surface area (Å²) >= 11 is 0. The molecule has 0 aromatic rings. The van der Waals surface area contributed by atoms with E-state index in [0.717, 1.165) is 0 Å². The summed E-state index contributed by atoms with van der Waals surface area (Å²) in [5, 5.41) is 16.6. The first kappa shape index (κ1) is 18.4. The lowest BCUT2D eigenvalue weighted by Gasteiger charge is -2.23. The number of halogens is 7. The predicted molar refractivity (Wildman–Crippen MR) is 49.2 cm³/mol. The normalized spacial score (nSPS) is 19.4. The molecule has 0 aliphatic heterocycles. The van der Waals surface area contributed by atoms with Crippen LogP contribution in [0, 0.1) is 5.92 Å². The second-order valence-corrected chi connectivity index (χ2v) is 3.71. The second-order valence-electron chi connectivity index (χ2n) is 3.71. The number of hydrogen-bond acceptors (Lipinski definition) is 2. The van der Waals surface area contributed by atoms with Crippen LogP contribution in [0.1, 0.15) is 0 Å². The van der Waals surface area contributed by atoms with Gasteiger partial charge < -0.3 is 10.2 Å². The summed E-state index contributed by atoms with van der Waals surface area (Å²) in [6.45, 7) is 0. The predicted octanol–water partition coefficient (Wildman–Crippen LogP) is 1.73. The van der Waals surface area contributed by atoms with Crippen molar-refractivity contribution in [2.75, 3.05) is 0 Å². The van der Waals surface area contributed by atoms with Gasteiger partial charge in [-0.1, -0.05) is 0 Å². The van der Waals surface area contributed by atoms with Crippen molar-refractivity contribution in [3.05, 3.63) is 0 Å². The maximum absolute atomic E-state index is 13.2. The number of carboxylic acid groups (broad SMARTS) is 2. The molecule has 0 rings (SSSR count). The van der Waals surface area contributed by atoms with Crippen LogP contribution in [0.5, 0.6) is 0 Å². The molecule has 20 heavy (non-hydrogen) atoms. The third kappa shape index (κ3) is 4.23. The van der Waals surface area contributed by atoms with Gasteiger partial charge in [0.15, 0.2) is 36.8 Å². The minimum absolute atomic E-state index is 2.39. The summed E-state index contributed by atoms with van der Waals surface area (Å²) < 4.78 is 88.0. The van der Waals surface area contributed by atoms with Crippen molar-refractivity contribution in [2.45, 2.75) is 37.3 Å². The van der Waals surface area contributed by atoms with Gasteiger partial charge in [0, 0.05) is 0 Å². The van der Waals surface area contributed by atoms with Crippen molar-refractivity contribution in [3.8, 4) is 0 Å². The molecule has 0 heterocycles. The van der Waals surface area contributed by atoms with Crippen LogP contribution < -0.4 is 0 Å². The molecular weight excluding hydrogens is 305 g/mol. The Morgan fingerprint density at radius 2 is 0.900 bits per heavy atom. The van der Waals surface area contributed by atoms with E-state index < -0.39 is 55.1 Å². The largest absolute Gasteiger partial charge is 0.481 e. The van der Waals surface area contributed by atoms with Crippen molar-refractivity contribution >= 4 is 11.9 Å².